The Labute approximate surface area is 176 Å². The molecule has 0 atom stereocenters. The van der Waals surface area contributed by atoms with Gasteiger partial charge in [0.15, 0.2) is 0 Å². The van der Waals surface area contributed by atoms with Gasteiger partial charge in [0.05, 0.1) is 12.6 Å². The molecule has 0 amide bonds. The summed E-state index contributed by atoms with van der Waals surface area (Å²) in [6, 6.07) is 16.6. The van der Waals surface area contributed by atoms with Crippen molar-refractivity contribution < 1.29 is 9.16 Å². The summed E-state index contributed by atoms with van der Waals surface area (Å²) in [5.41, 5.74) is 4.58. The second-order valence-electron chi connectivity index (χ2n) is 9.24. The second-order valence-corrected chi connectivity index (χ2v) is 14.0. The largest absolute Gasteiger partial charge is 0.543 e. The molecule has 0 bridgehead atoms. The number of para-hydroxylation sites is 1. The third-order valence-corrected chi connectivity index (χ3v) is 10.5. The van der Waals surface area contributed by atoms with Crippen LogP contribution in [0.3, 0.4) is 0 Å². The molecule has 0 saturated carbocycles. The maximum absolute atomic E-state index is 6.82. The van der Waals surface area contributed by atoms with Crippen LogP contribution in [0.15, 0.2) is 48.5 Å². The lowest BCUT2D eigenvalue weighted by Crippen LogP contribution is -2.44. The molecular weight excluding hydrogens is 374 g/mol. The molecule has 0 radical (unpaired) electrons. The van der Waals surface area contributed by atoms with Gasteiger partial charge in [-0.3, -0.25) is 4.98 Å². The summed E-state index contributed by atoms with van der Waals surface area (Å²) in [5.74, 6) is 1.91. The first-order chi connectivity index (χ1) is 13.6. The summed E-state index contributed by atoms with van der Waals surface area (Å²) < 4.78 is 12.1. The fourth-order valence-corrected chi connectivity index (χ4v) is 4.24. The summed E-state index contributed by atoms with van der Waals surface area (Å²) >= 11 is 0. The molecule has 1 aromatic heterocycles. The molecule has 0 unspecified atom stereocenters. The number of benzene rings is 2. The number of aromatic nitrogens is 1. The van der Waals surface area contributed by atoms with Crippen LogP contribution in [0.4, 0.5) is 0 Å². The number of rotatable bonds is 6. The van der Waals surface area contributed by atoms with E-state index in [0.717, 1.165) is 40.9 Å². The third-order valence-electron chi connectivity index (χ3n) is 6.15. The van der Waals surface area contributed by atoms with Gasteiger partial charge in [-0.1, -0.05) is 45.0 Å². The van der Waals surface area contributed by atoms with Crippen molar-refractivity contribution in [3.05, 3.63) is 65.4 Å². The third kappa shape index (κ3) is 4.64. The van der Waals surface area contributed by atoms with E-state index in [0.29, 0.717) is 0 Å². The predicted octanol–water partition coefficient (Wildman–Crippen LogP) is 6.72. The molecule has 0 aliphatic rings. The highest BCUT2D eigenvalue weighted by molar-refractivity contribution is 6.74. The molecule has 4 heteroatoms. The molecule has 0 fully saturated rings. The molecule has 3 nitrogen and oxygen atoms in total. The van der Waals surface area contributed by atoms with Crippen molar-refractivity contribution in [3.63, 3.8) is 0 Å². The highest BCUT2D eigenvalue weighted by atomic mass is 28.4. The fourth-order valence-electron chi connectivity index (χ4n) is 3.16. The van der Waals surface area contributed by atoms with Crippen LogP contribution in [0.2, 0.25) is 18.1 Å². The Kier molecular flexibility index (Phi) is 6.04. The molecule has 0 aliphatic carbocycles. The number of nitrogens with zero attached hydrogens (tertiary/aromatic N) is 1. The van der Waals surface area contributed by atoms with Crippen LogP contribution in [0.5, 0.6) is 11.5 Å². The molecule has 29 heavy (non-hydrogen) atoms. The second kappa shape index (κ2) is 8.19. The van der Waals surface area contributed by atoms with Gasteiger partial charge in [0.25, 0.3) is 8.32 Å². The van der Waals surface area contributed by atoms with Crippen molar-refractivity contribution in [1.82, 2.24) is 4.98 Å². The normalized spacial score (nSPS) is 12.2. The van der Waals surface area contributed by atoms with Crippen LogP contribution < -0.4 is 9.16 Å². The van der Waals surface area contributed by atoms with E-state index in [-0.39, 0.29) is 5.04 Å². The van der Waals surface area contributed by atoms with E-state index in [1.807, 2.05) is 18.2 Å². The van der Waals surface area contributed by atoms with Crippen molar-refractivity contribution in [2.75, 3.05) is 7.11 Å². The summed E-state index contributed by atoms with van der Waals surface area (Å²) in [5, 5.41) is 1.26. The molecule has 3 aromatic rings. The number of methoxy groups -OCH3 is 1. The van der Waals surface area contributed by atoms with Crippen molar-refractivity contribution in [2.45, 2.75) is 58.7 Å². The first kappa shape index (κ1) is 21.4. The molecule has 3 rings (SSSR count). The van der Waals surface area contributed by atoms with Gasteiger partial charge in [-0.05, 0) is 67.7 Å². The van der Waals surface area contributed by atoms with Gasteiger partial charge in [-0.15, -0.1) is 0 Å². The summed E-state index contributed by atoms with van der Waals surface area (Å²) in [7, 11) is -0.261. The molecule has 0 aliphatic heterocycles. The zero-order valence-electron chi connectivity index (χ0n) is 18.8. The van der Waals surface area contributed by atoms with E-state index in [1.54, 1.807) is 7.11 Å². The van der Waals surface area contributed by atoms with Gasteiger partial charge in [-0.25, -0.2) is 0 Å². The zero-order valence-corrected chi connectivity index (χ0v) is 19.8. The number of hydrogen-bond acceptors (Lipinski definition) is 3. The average molecular weight is 408 g/mol. The molecule has 0 N–H and O–H groups in total. The van der Waals surface area contributed by atoms with E-state index >= 15 is 0 Å². The smallest absolute Gasteiger partial charge is 0.250 e. The Morgan fingerprint density at radius 1 is 0.931 bits per heavy atom. The lowest BCUT2D eigenvalue weighted by molar-refractivity contribution is 0.414. The lowest BCUT2D eigenvalue weighted by Gasteiger charge is -2.37. The maximum Gasteiger partial charge on any atom is 0.250 e. The Morgan fingerprint density at radius 3 is 2.21 bits per heavy atom. The van der Waals surface area contributed by atoms with E-state index in [1.165, 1.54) is 11.1 Å². The summed E-state index contributed by atoms with van der Waals surface area (Å²) in [6.07, 6.45) is 1.83. The highest BCUT2D eigenvalue weighted by Gasteiger charge is 2.39. The Balaban J connectivity index is 1.96. The molecule has 154 valence electrons. The minimum Gasteiger partial charge on any atom is -0.543 e. The minimum atomic E-state index is -1.96. The van der Waals surface area contributed by atoms with Gasteiger partial charge < -0.3 is 9.16 Å². The molecule has 0 spiro atoms. The van der Waals surface area contributed by atoms with Crippen LogP contribution in [-0.4, -0.2) is 20.4 Å². The predicted molar refractivity (Wildman–Crippen MR) is 125 cm³/mol. The van der Waals surface area contributed by atoms with Gasteiger partial charge in [-0.2, -0.15) is 0 Å². The van der Waals surface area contributed by atoms with Crippen LogP contribution in [0.25, 0.3) is 10.9 Å². The van der Waals surface area contributed by atoms with E-state index < -0.39 is 8.32 Å². The van der Waals surface area contributed by atoms with E-state index in [2.05, 4.69) is 71.1 Å². The van der Waals surface area contributed by atoms with E-state index in [4.69, 9.17) is 14.1 Å². The molecule has 0 saturated heterocycles. The minimum absolute atomic E-state index is 0.146. The molecule has 1 heterocycles. The molecular formula is C25H33NO2Si. The monoisotopic (exact) mass is 407 g/mol. The quantitative estimate of drug-likeness (QED) is 0.425. The van der Waals surface area contributed by atoms with Crippen LogP contribution >= 0.6 is 0 Å². The Morgan fingerprint density at radius 2 is 1.59 bits per heavy atom. The summed E-state index contributed by atoms with van der Waals surface area (Å²) in [4.78, 5) is 4.99. The first-order valence-electron chi connectivity index (χ1n) is 10.3. The number of ether oxygens (including phenoxy) is 1. The average Bonchev–Trinajstić information content (AvgIpc) is 2.68. The fraction of sp³-hybridized carbons (Fsp3) is 0.400. The number of hydrogen-bond donors (Lipinski definition) is 0. The van der Waals surface area contributed by atoms with Gasteiger partial charge in [0.2, 0.25) is 0 Å². The van der Waals surface area contributed by atoms with Crippen molar-refractivity contribution in [3.8, 4) is 11.5 Å². The highest BCUT2D eigenvalue weighted by Crippen LogP contribution is 2.41. The zero-order chi connectivity index (χ0) is 21.2. The first-order valence-corrected chi connectivity index (χ1v) is 13.2. The van der Waals surface area contributed by atoms with Crippen LogP contribution in [0, 0.1) is 6.92 Å². The maximum atomic E-state index is 6.82. The van der Waals surface area contributed by atoms with Crippen molar-refractivity contribution in [1.29, 1.82) is 0 Å². The Hall–Kier alpha value is -2.33. The topological polar surface area (TPSA) is 31.4 Å². The van der Waals surface area contributed by atoms with Crippen molar-refractivity contribution >= 4 is 19.2 Å². The van der Waals surface area contributed by atoms with Crippen LogP contribution in [-0.2, 0) is 12.8 Å². The number of aryl methyl sites for hydroxylation is 2. The Bertz CT molecular complexity index is 988. The SMILES string of the molecule is COc1ccc(CCc2nc3ccccc3c(O[Si](C)(C)C(C)(C)C)c2C)cc1. The number of pyridine rings is 1. The van der Waals surface area contributed by atoms with Gasteiger partial charge >= 0.3 is 0 Å². The van der Waals surface area contributed by atoms with Gasteiger partial charge in [0, 0.05) is 16.6 Å². The summed E-state index contributed by atoms with van der Waals surface area (Å²) in [6.45, 7) is 13.6. The standard InChI is InChI=1S/C25H33NO2Si/c1-18-22(17-14-19-12-15-20(27-5)16-13-19)26-23-11-9-8-10-21(23)24(18)28-29(6,7)25(2,3)4/h8-13,15-16H,14,17H2,1-7H3. The van der Waals surface area contributed by atoms with Gasteiger partial charge in [0.1, 0.15) is 11.5 Å². The van der Waals surface area contributed by atoms with Crippen molar-refractivity contribution in [2.24, 2.45) is 0 Å². The van der Waals surface area contributed by atoms with E-state index in [9.17, 15) is 0 Å². The van der Waals surface area contributed by atoms with Crippen LogP contribution in [0.1, 0.15) is 37.6 Å². The molecule has 2 aromatic carbocycles. The number of fused-ring (bicyclic) bond motifs is 1. The lowest BCUT2D eigenvalue weighted by atomic mass is 10.0.